The van der Waals surface area contributed by atoms with Crippen molar-refractivity contribution in [2.45, 2.75) is 5.41 Å². The fraction of sp³-hybridized carbons (Fsp3) is 0.0192. The van der Waals surface area contributed by atoms with E-state index in [9.17, 15) is 0 Å². The van der Waals surface area contributed by atoms with Crippen LogP contribution in [-0.2, 0) is 5.41 Å². The molecule has 12 rings (SSSR count). The summed E-state index contributed by atoms with van der Waals surface area (Å²) in [7, 11) is 0. The zero-order chi connectivity index (χ0) is 36.8. The van der Waals surface area contributed by atoms with Gasteiger partial charge in [-0.1, -0.05) is 170 Å². The van der Waals surface area contributed by atoms with Crippen molar-refractivity contribution in [1.29, 1.82) is 0 Å². The molecule has 10 aromatic rings. The van der Waals surface area contributed by atoms with Crippen molar-refractivity contribution in [2.24, 2.45) is 0 Å². The van der Waals surface area contributed by atoms with Gasteiger partial charge in [-0.15, -0.1) is 11.3 Å². The minimum atomic E-state index is -0.374. The molecule has 0 aliphatic heterocycles. The predicted octanol–water partition coefficient (Wildman–Crippen LogP) is 13.3. The second kappa shape index (κ2) is 12.0. The minimum absolute atomic E-state index is 0.374. The second-order valence-corrected chi connectivity index (χ2v) is 15.8. The molecule has 2 heterocycles. The van der Waals surface area contributed by atoms with E-state index in [1.165, 1.54) is 70.2 Å². The van der Waals surface area contributed by atoms with Crippen LogP contribution in [0.4, 0.5) is 0 Å². The highest BCUT2D eigenvalue weighted by Gasteiger charge is 2.51. The smallest absolute Gasteiger partial charge is 0.164 e. The van der Waals surface area contributed by atoms with Gasteiger partial charge in [-0.2, -0.15) is 0 Å². The van der Waals surface area contributed by atoms with E-state index in [4.69, 9.17) is 15.0 Å². The van der Waals surface area contributed by atoms with Crippen molar-refractivity contribution in [1.82, 2.24) is 15.0 Å². The molecule has 1 spiro atoms. The molecule has 0 saturated heterocycles. The number of fused-ring (bicyclic) bond motifs is 13. The summed E-state index contributed by atoms with van der Waals surface area (Å²) in [6.07, 6.45) is 0. The third-order valence-electron chi connectivity index (χ3n) is 11.8. The molecule has 0 N–H and O–H groups in total. The molecule has 4 heteroatoms. The molecule has 0 atom stereocenters. The maximum atomic E-state index is 5.18. The molecule has 8 aromatic carbocycles. The fourth-order valence-corrected chi connectivity index (χ4v) is 10.5. The Hall–Kier alpha value is -7.01. The van der Waals surface area contributed by atoms with Crippen molar-refractivity contribution in [2.75, 3.05) is 0 Å². The molecular weight excluding hydrogens is 699 g/mol. The van der Waals surface area contributed by atoms with Crippen LogP contribution in [-0.4, -0.2) is 15.0 Å². The van der Waals surface area contributed by atoms with Gasteiger partial charge < -0.3 is 0 Å². The number of thiophene rings is 1. The maximum Gasteiger partial charge on any atom is 0.164 e. The predicted molar refractivity (Wildman–Crippen MR) is 231 cm³/mol. The maximum absolute atomic E-state index is 5.18. The average Bonchev–Trinajstić information content (AvgIpc) is 3.91. The molecule has 0 fully saturated rings. The molecule has 56 heavy (non-hydrogen) atoms. The summed E-state index contributed by atoms with van der Waals surface area (Å²) in [5.41, 5.74) is 15.5. The number of hydrogen-bond donors (Lipinski definition) is 0. The zero-order valence-corrected chi connectivity index (χ0v) is 31.0. The number of nitrogens with zero attached hydrogens (tertiary/aromatic N) is 3. The van der Waals surface area contributed by atoms with Crippen molar-refractivity contribution in [3.05, 3.63) is 210 Å². The van der Waals surface area contributed by atoms with Gasteiger partial charge in [-0.25, -0.2) is 15.0 Å². The molecule has 0 amide bonds. The van der Waals surface area contributed by atoms with Crippen LogP contribution in [0.15, 0.2) is 188 Å². The van der Waals surface area contributed by atoms with Gasteiger partial charge >= 0.3 is 0 Å². The van der Waals surface area contributed by atoms with Crippen LogP contribution in [0.1, 0.15) is 22.3 Å². The lowest BCUT2D eigenvalue weighted by Gasteiger charge is -2.30. The molecule has 0 radical (unpaired) electrons. The largest absolute Gasteiger partial charge is 0.208 e. The first-order chi connectivity index (χ1) is 27.8. The first-order valence-corrected chi connectivity index (χ1v) is 19.8. The Morgan fingerprint density at radius 1 is 0.321 bits per heavy atom. The van der Waals surface area contributed by atoms with Gasteiger partial charge in [0.25, 0.3) is 0 Å². The number of rotatable bonds is 4. The Bertz CT molecular complexity index is 3130. The second-order valence-electron chi connectivity index (χ2n) is 14.7. The van der Waals surface area contributed by atoms with Crippen molar-refractivity contribution in [3.63, 3.8) is 0 Å². The molecule has 0 unspecified atom stereocenters. The van der Waals surface area contributed by atoms with E-state index in [1.54, 1.807) is 11.3 Å². The quantitative estimate of drug-likeness (QED) is 0.181. The molecule has 0 saturated carbocycles. The summed E-state index contributed by atoms with van der Waals surface area (Å²) in [6.45, 7) is 0. The number of hydrogen-bond acceptors (Lipinski definition) is 4. The van der Waals surface area contributed by atoms with E-state index in [2.05, 4.69) is 170 Å². The Morgan fingerprint density at radius 2 is 0.804 bits per heavy atom. The minimum Gasteiger partial charge on any atom is -0.208 e. The highest BCUT2D eigenvalue weighted by Crippen LogP contribution is 2.63. The van der Waals surface area contributed by atoms with E-state index in [0.29, 0.717) is 17.5 Å². The van der Waals surface area contributed by atoms with Crippen LogP contribution >= 0.6 is 11.3 Å². The molecule has 260 valence electrons. The van der Waals surface area contributed by atoms with Crippen LogP contribution in [0.5, 0.6) is 0 Å². The zero-order valence-electron chi connectivity index (χ0n) is 30.1. The van der Waals surface area contributed by atoms with E-state index in [1.807, 2.05) is 18.2 Å². The number of benzene rings is 8. The van der Waals surface area contributed by atoms with E-state index in [0.717, 1.165) is 22.3 Å². The summed E-state index contributed by atoms with van der Waals surface area (Å²) < 4.78 is 2.48. The Balaban J connectivity index is 0.999. The van der Waals surface area contributed by atoms with Crippen molar-refractivity contribution < 1.29 is 0 Å². The molecular formula is C52H31N3S. The van der Waals surface area contributed by atoms with Gasteiger partial charge in [0.2, 0.25) is 0 Å². The lowest BCUT2D eigenvalue weighted by molar-refractivity contribution is 0.794. The third-order valence-corrected chi connectivity index (χ3v) is 12.9. The summed E-state index contributed by atoms with van der Waals surface area (Å²) >= 11 is 1.80. The first-order valence-electron chi connectivity index (χ1n) is 19.0. The summed E-state index contributed by atoms with van der Waals surface area (Å²) in [4.78, 5) is 15.4. The highest BCUT2D eigenvalue weighted by molar-refractivity contribution is 7.25. The Kier molecular flexibility index (Phi) is 6.72. The van der Waals surface area contributed by atoms with Gasteiger partial charge in [0.15, 0.2) is 17.5 Å². The fourth-order valence-electron chi connectivity index (χ4n) is 9.39. The van der Waals surface area contributed by atoms with E-state index >= 15 is 0 Å². The molecule has 2 aromatic heterocycles. The Morgan fingerprint density at radius 3 is 1.48 bits per heavy atom. The molecule has 3 nitrogen and oxygen atoms in total. The lowest BCUT2D eigenvalue weighted by Crippen LogP contribution is -2.25. The van der Waals surface area contributed by atoms with Crippen molar-refractivity contribution in [3.8, 4) is 67.5 Å². The SMILES string of the molecule is c1ccc(-c2nc(-c3ccc(-c4ccc5c(c4)C4(c6ccccc6-c6ccccc64)c4ccccc4-5)cc3)nc(-c3cccc4sc5ccccc5c34)n2)cc1. The van der Waals surface area contributed by atoms with Crippen LogP contribution in [0.25, 0.3) is 87.7 Å². The van der Waals surface area contributed by atoms with Crippen LogP contribution in [0.3, 0.4) is 0 Å². The molecule has 2 aliphatic rings. The topological polar surface area (TPSA) is 38.7 Å². The van der Waals surface area contributed by atoms with Gasteiger partial charge in [-0.05, 0) is 73.8 Å². The third kappa shape index (κ3) is 4.42. The average molecular weight is 730 g/mol. The van der Waals surface area contributed by atoms with Crippen LogP contribution in [0.2, 0.25) is 0 Å². The van der Waals surface area contributed by atoms with E-state index < -0.39 is 0 Å². The molecule has 0 bridgehead atoms. The summed E-state index contributed by atoms with van der Waals surface area (Å²) in [5.74, 6) is 1.99. The van der Waals surface area contributed by atoms with Crippen LogP contribution in [0, 0.1) is 0 Å². The van der Waals surface area contributed by atoms with Crippen molar-refractivity contribution >= 4 is 31.5 Å². The van der Waals surface area contributed by atoms with Gasteiger partial charge in [-0.3, -0.25) is 0 Å². The highest BCUT2D eigenvalue weighted by atomic mass is 32.1. The van der Waals surface area contributed by atoms with Gasteiger partial charge in [0.1, 0.15) is 0 Å². The van der Waals surface area contributed by atoms with Gasteiger partial charge in [0, 0.05) is 36.9 Å². The normalized spacial score (nSPS) is 13.1. The van der Waals surface area contributed by atoms with E-state index in [-0.39, 0.29) is 5.41 Å². The Labute approximate surface area is 328 Å². The number of aromatic nitrogens is 3. The monoisotopic (exact) mass is 729 g/mol. The molecule has 2 aliphatic carbocycles. The van der Waals surface area contributed by atoms with Gasteiger partial charge in [0.05, 0.1) is 5.41 Å². The lowest BCUT2D eigenvalue weighted by atomic mass is 9.70. The van der Waals surface area contributed by atoms with Crippen LogP contribution < -0.4 is 0 Å². The summed E-state index contributed by atoms with van der Waals surface area (Å²) in [5, 5.41) is 2.41. The standard InChI is InChI=1S/C52H31N3S/c1-2-13-33(14-3-1)49-53-50(55-51(54-49)41-19-12-24-47-48(41)40-18-7-11-23-46(40)56-47)34-27-25-32(26-28-34)35-29-30-39-38-17-6-10-22-44(38)52(45(39)31-35)42-20-8-4-15-36(42)37-16-5-9-21-43(37)52/h1-31H. The summed E-state index contributed by atoms with van der Waals surface area (Å²) in [6, 6.07) is 67.9. The first kappa shape index (κ1) is 31.4.